The molecule has 0 radical (unpaired) electrons. The van der Waals surface area contributed by atoms with Gasteiger partial charge in [-0.2, -0.15) is 0 Å². The van der Waals surface area contributed by atoms with Crippen LogP contribution in [-0.2, 0) is 0 Å². The number of piperidine rings is 1. The second-order valence-electron chi connectivity index (χ2n) is 4.86. The highest BCUT2D eigenvalue weighted by Crippen LogP contribution is 2.21. The smallest absolute Gasteiger partial charge is 0.0400 e. The number of hydrogen-bond acceptors (Lipinski definition) is 3. The van der Waals surface area contributed by atoms with Crippen molar-refractivity contribution in [2.45, 2.75) is 25.8 Å². The van der Waals surface area contributed by atoms with Crippen molar-refractivity contribution in [2.75, 3.05) is 32.1 Å². The molecule has 0 N–H and O–H groups in total. The van der Waals surface area contributed by atoms with Crippen molar-refractivity contribution >= 4 is 5.69 Å². The van der Waals surface area contributed by atoms with Crippen molar-refractivity contribution < 1.29 is 0 Å². The molecule has 1 aliphatic heterocycles. The van der Waals surface area contributed by atoms with Gasteiger partial charge in [-0.15, -0.1) is 0 Å². The number of hydrogen-bond donors (Lipinski definition) is 0. The first-order valence-electron chi connectivity index (χ1n) is 6.01. The van der Waals surface area contributed by atoms with Crippen LogP contribution in [-0.4, -0.2) is 43.1 Å². The third-order valence-electron chi connectivity index (χ3n) is 3.37. The number of aromatic nitrogens is 1. The monoisotopic (exact) mass is 219 g/mol. The summed E-state index contributed by atoms with van der Waals surface area (Å²) in [4.78, 5) is 9.06. The van der Waals surface area contributed by atoms with Crippen LogP contribution < -0.4 is 4.90 Å². The van der Waals surface area contributed by atoms with Crippen LogP contribution in [0.25, 0.3) is 0 Å². The third-order valence-corrected chi connectivity index (χ3v) is 3.37. The summed E-state index contributed by atoms with van der Waals surface area (Å²) in [5.74, 6) is 0. The van der Waals surface area contributed by atoms with Gasteiger partial charge in [-0.25, -0.2) is 0 Å². The number of likely N-dealkylation sites (N-methyl/N-ethyl adjacent to an activating group) is 1. The Hall–Kier alpha value is -1.09. The Morgan fingerprint density at radius 2 is 2.25 bits per heavy atom. The maximum Gasteiger partial charge on any atom is 0.0400 e. The minimum absolute atomic E-state index is 0.683. The van der Waals surface area contributed by atoms with Gasteiger partial charge in [0.2, 0.25) is 0 Å². The molecular formula is C13H21N3. The van der Waals surface area contributed by atoms with Crippen LogP contribution in [0.1, 0.15) is 18.5 Å². The molecule has 0 bridgehead atoms. The van der Waals surface area contributed by atoms with E-state index in [4.69, 9.17) is 0 Å². The number of aryl methyl sites for hydroxylation is 1. The zero-order valence-corrected chi connectivity index (χ0v) is 10.5. The molecule has 0 spiro atoms. The fourth-order valence-corrected chi connectivity index (χ4v) is 2.34. The molecule has 0 aromatic carbocycles. The van der Waals surface area contributed by atoms with E-state index in [0.717, 1.165) is 12.2 Å². The van der Waals surface area contributed by atoms with Crippen molar-refractivity contribution in [3.63, 3.8) is 0 Å². The molecule has 1 unspecified atom stereocenters. The molecule has 1 aliphatic rings. The second-order valence-corrected chi connectivity index (χ2v) is 4.86. The summed E-state index contributed by atoms with van der Waals surface area (Å²) in [7, 11) is 4.35. The first-order chi connectivity index (χ1) is 7.66. The molecule has 0 saturated carbocycles. The topological polar surface area (TPSA) is 19.4 Å². The lowest BCUT2D eigenvalue weighted by Gasteiger charge is -2.37. The summed E-state index contributed by atoms with van der Waals surface area (Å²) in [6, 6.07) is 4.98. The molecule has 0 amide bonds. The number of rotatable bonds is 2. The first kappa shape index (κ1) is 11.4. The first-order valence-corrected chi connectivity index (χ1v) is 6.01. The van der Waals surface area contributed by atoms with Crippen molar-refractivity contribution in [3.8, 4) is 0 Å². The number of pyridine rings is 1. The summed E-state index contributed by atoms with van der Waals surface area (Å²) >= 11 is 0. The Morgan fingerprint density at radius 3 is 2.94 bits per heavy atom. The summed E-state index contributed by atoms with van der Waals surface area (Å²) in [5, 5.41) is 0. The van der Waals surface area contributed by atoms with E-state index >= 15 is 0 Å². The zero-order chi connectivity index (χ0) is 11.5. The van der Waals surface area contributed by atoms with Crippen LogP contribution in [0.15, 0.2) is 18.3 Å². The van der Waals surface area contributed by atoms with E-state index in [1.807, 2.05) is 6.20 Å². The van der Waals surface area contributed by atoms with Gasteiger partial charge in [-0.1, -0.05) is 0 Å². The maximum absolute atomic E-state index is 4.25. The van der Waals surface area contributed by atoms with Gasteiger partial charge in [0.25, 0.3) is 0 Å². The van der Waals surface area contributed by atoms with Crippen molar-refractivity contribution in [1.82, 2.24) is 9.88 Å². The standard InChI is InChI=1S/C13H21N3/c1-11-9-12(6-7-14-11)16-8-4-5-13(10-16)15(2)3/h6-7,9,13H,4-5,8,10H2,1-3H3. The SMILES string of the molecule is Cc1cc(N2CCCC(N(C)C)C2)ccn1. The van der Waals surface area contributed by atoms with E-state index in [9.17, 15) is 0 Å². The Morgan fingerprint density at radius 1 is 1.44 bits per heavy atom. The fourth-order valence-electron chi connectivity index (χ4n) is 2.34. The summed E-state index contributed by atoms with van der Waals surface area (Å²) in [6.45, 7) is 4.36. The highest BCUT2D eigenvalue weighted by Gasteiger charge is 2.21. The van der Waals surface area contributed by atoms with Crippen molar-refractivity contribution in [1.29, 1.82) is 0 Å². The quantitative estimate of drug-likeness (QED) is 0.757. The van der Waals surface area contributed by atoms with Crippen LogP contribution in [0.4, 0.5) is 5.69 Å². The van der Waals surface area contributed by atoms with E-state index in [0.29, 0.717) is 6.04 Å². The predicted octanol–water partition coefficient (Wildman–Crippen LogP) is 1.92. The molecule has 16 heavy (non-hydrogen) atoms. The second kappa shape index (κ2) is 4.83. The lowest BCUT2D eigenvalue weighted by molar-refractivity contribution is 0.258. The molecule has 1 saturated heterocycles. The van der Waals surface area contributed by atoms with E-state index in [1.54, 1.807) is 0 Å². The molecule has 0 aliphatic carbocycles. The van der Waals surface area contributed by atoms with Gasteiger partial charge < -0.3 is 9.80 Å². The van der Waals surface area contributed by atoms with E-state index in [2.05, 4.69) is 47.9 Å². The lowest BCUT2D eigenvalue weighted by atomic mass is 10.0. The summed E-state index contributed by atoms with van der Waals surface area (Å²) in [6.07, 6.45) is 4.50. The molecule has 1 fully saturated rings. The van der Waals surface area contributed by atoms with Gasteiger partial charge in [-0.05, 0) is 46.0 Å². The molecule has 2 heterocycles. The molecule has 3 heteroatoms. The zero-order valence-electron chi connectivity index (χ0n) is 10.5. The van der Waals surface area contributed by atoms with Crippen LogP contribution in [0.2, 0.25) is 0 Å². The average Bonchev–Trinajstić information content (AvgIpc) is 2.29. The Kier molecular flexibility index (Phi) is 3.44. The van der Waals surface area contributed by atoms with Crippen molar-refractivity contribution in [2.24, 2.45) is 0 Å². The Balaban J connectivity index is 2.09. The minimum atomic E-state index is 0.683. The highest BCUT2D eigenvalue weighted by molar-refractivity contribution is 5.46. The van der Waals surface area contributed by atoms with Gasteiger partial charge in [0.1, 0.15) is 0 Å². The molecule has 1 aromatic rings. The van der Waals surface area contributed by atoms with E-state index in [-0.39, 0.29) is 0 Å². The Bertz CT molecular complexity index is 349. The van der Waals surface area contributed by atoms with Crippen LogP contribution >= 0.6 is 0 Å². The third kappa shape index (κ3) is 2.53. The van der Waals surface area contributed by atoms with Gasteiger partial charge in [-0.3, -0.25) is 4.98 Å². The van der Waals surface area contributed by atoms with Crippen LogP contribution in [0.3, 0.4) is 0 Å². The van der Waals surface area contributed by atoms with Gasteiger partial charge in [0.05, 0.1) is 0 Å². The van der Waals surface area contributed by atoms with Crippen LogP contribution in [0.5, 0.6) is 0 Å². The fraction of sp³-hybridized carbons (Fsp3) is 0.615. The summed E-state index contributed by atoms with van der Waals surface area (Å²) in [5.41, 5.74) is 2.42. The molecule has 1 atom stereocenters. The van der Waals surface area contributed by atoms with E-state index < -0.39 is 0 Å². The average molecular weight is 219 g/mol. The number of nitrogens with zero attached hydrogens (tertiary/aromatic N) is 3. The van der Waals surface area contributed by atoms with Crippen molar-refractivity contribution in [3.05, 3.63) is 24.0 Å². The molecule has 3 nitrogen and oxygen atoms in total. The van der Waals surface area contributed by atoms with Crippen LogP contribution in [0, 0.1) is 6.92 Å². The Labute approximate surface area is 98.1 Å². The largest absolute Gasteiger partial charge is 0.370 e. The molecule has 1 aromatic heterocycles. The minimum Gasteiger partial charge on any atom is -0.370 e. The molecular weight excluding hydrogens is 198 g/mol. The molecule has 2 rings (SSSR count). The van der Waals surface area contributed by atoms with Gasteiger partial charge in [0, 0.05) is 36.7 Å². The van der Waals surface area contributed by atoms with E-state index in [1.165, 1.54) is 25.1 Å². The van der Waals surface area contributed by atoms with Gasteiger partial charge >= 0.3 is 0 Å². The maximum atomic E-state index is 4.25. The van der Waals surface area contributed by atoms with Gasteiger partial charge in [0.15, 0.2) is 0 Å². The summed E-state index contributed by atoms with van der Waals surface area (Å²) < 4.78 is 0. The number of anilines is 1. The normalized spacial score (nSPS) is 21.5. The molecule has 88 valence electrons. The predicted molar refractivity (Wildman–Crippen MR) is 67.9 cm³/mol. The lowest BCUT2D eigenvalue weighted by Crippen LogP contribution is -2.45. The highest BCUT2D eigenvalue weighted by atomic mass is 15.2.